The summed E-state index contributed by atoms with van der Waals surface area (Å²) in [7, 11) is 0. The van der Waals surface area contributed by atoms with Crippen molar-refractivity contribution in [3.05, 3.63) is 71.8 Å². The van der Waals surface area contributed by atoms with E-state index in [9.17, 15) is 9.59 Å². The number of carbonyl (C=O) groups excluding carboxylic acids is 2. The summed E-state index contributed by atoms with van der Waals surface area (Å²) in [5.74, 6) is -0.971. The average molecular weight is 387 g/mol. The number of hydroxylamine groups is 2. The van der Waals surface area contributed by atoms with E-state index in [1.165, 1.54) is 0 Å². The van der Waals surface area contributed by atoms with E-state index in [-0.39, 0.29) is 30.6 Å². The zero-order valence-electron chi connectivity index (χ0n) is 13.5. The Morgan fingerprint density at radius 1 is 0.800 bits per heavy atom. The van der Waals surface area contributed by atoms with E-state index in [4.69, 9.17) is 15.5 Å². The Labute approximate surface area is 157 Å². The molecule has 0 spiro atoms. The molecule has 0 saturated heterocycles. The number of nitrogens with one attached hydrogen (secondary N) is 2. The van der Waals surface area contributed by atoms with Crippen LogP contribution in [0.4, 0.5) is 0 Å². The van der Waals surface area contributed by atoms with Gasteiger partial charge in [-0.3, -0.25) is 20.0 Å². The molecule has 137 valence electrons. The van der Waals surface area contributed by atoms with Crippen molar-refractivity contribution in [2.75, 3.05) is 6.61 Å². The number of carbonyl (C=O) groups is 2. The van der Waals surface area contributed by atoms with Crippen LogP contribution < -0.4 is 11.0 Å². The van der Waals surface area contributed by atoms with Gasteiger partial charge in [0, 0.05) is 36.3 Å². The summed E-state index contributed by atoms with van der Waals surface area (Å²) >= 11 is 0. The molecular weight excluding hydrogens is 367 g/mol. The predicted octanol–water partition coefficient (Wildman–Crippen LogP) is 1.49. The topological polar surface area (TPSA) is 147 Å². The molecule has 0 bridgehead atoms. The number of rotatable bonds is 2. The van der Waals surface area contributed by atoms with Gasteiger partial charge in [0.05, 0.1) is 0 Å². The zero-order chi connectivity index (χ0) is 17.5. The van der Waals surface area contributed by atoms with E-state index in [1.807, 2.05) is 0 Å². The van der Waals surface area contributed by atoms with E-state index < -0.39 is 11.8 Å². The number of amides is 2. The summed E-state index contributed by atoms with van der Waals surface area (Å²) < 4.78 is 0. The molecule has 0 aliphatic rings. The van der Waals surface area contributed by atoms with Crippen LogP contribution in [0, 0.1) is 0 Å². The van der Waals surface area contributed by atoms with E-state index in [2.05, 4.69) is 0 Å². The van der Waals surface area contributed by atoms with Crippen LogP contribution in [-0.4, -0.2) is 33.9 Å². The van der Waals surface area contributed by atoms with Crippen molar-refractivity contribution in [1.29, 1.82) is 0 Å². The average Bonchev–Trinajstić information content (AvgIpc) is 2.63. The van der Waals surface area contributed by atoms with E-state index in [0.29, 0.717) is 11.1 Å². The van der Waals surface area contributed by atoms with Crippen molar-refractivity contribution in [2.24, 2.45) is 0 Å². The Morgan fingerprint density at radius 2 is 1.04 bits per heavy atom. The van der Waals surface area contributed by atoms with E-state index >= 15 is 0 Å². The van der Waals surface area contributed by atoms with Crippen molar-refractivity contribution < 1.29 is 49.1 Å². The molecule has 0 aromatic heterocycles. The summed E-state index contributed by atoms with van der Waals surface area (Å²) in [6.07, 6.45) is 0. The first-order valence-corrected chi connectivity index (χ1v) is 6.70. The maximum absolute atomic E-state index is 10.7. The molecular formula is C16H20N2O6V-2. The third kappa shape index (κ3) is 12.8. The SMILES string of the molecule is CCO.O=C(NO)c1ccccc1.O=C(NO)c1ccccc1.[O-2].[V]. The molecule has 0 aliphatic carbocycles. The minimum Gasteiger partial charge on any atom is -2.00 e. The summed E-state index contributed by atoms with van der Waals surface area (Å²) in [5, 5.41) is 23.9. The minimum atomic E-state index is -0.486. The first kappa shape index (κ1) is 27.6. The Hall–Kier alpha value is -2.20. The summed E-state index contributed by atoms with van der Waals surface area (Å²) in [6.45, 7) is 1.93. The Balaban J connectivity index is -0.000000313. The van der Waals surface area contributed by atoms with Gasteiger partial charge in [0.1, 0.15) is 0 Å². The quantitative estimate of drug-likeness (QED) is 0.391. The zero-order valence-corrected chi connectivity index (χ0v) is 14.9. The Kier molecular flexibility index (Phi) is 20.1. The Bertz CT molecular complexity index is 518. The third-order valence-corrected chi connectivity index (χ3v) is 2.28. The molecule has 0 fully saturated rings. The summed E-state index contributed by atoms with van der Waals surface area (Å²) in [6, 6.07) is 17.0. The van der Waals surface area contributed by atoms with Gasteiger partial charge in [-0.2, -0.15) is 0 Å². The second kappa shape index (κ2) is 18.1. The van der Waals surface area contributed by atoms with Gasteiger partial charge >= 0.3 is 0 Å². The van der Waals surface area contributed by atoms with Gasteiger partial charge < -0.3 is 10.6 Å². The second-order valence-corrected chi connectivity index (χ2v) is 3.93. The van der Waals surface area contributed by atoms with E-state index in [1.54, 1.807) is 78.5 Å². The van der Waals surface area contributed by atoms with Crippen LogP contribution in [0.25, 0.3) is 0 Å². The molecule has 0 saturated carbocycles. The summed E-state index contributed by atoms with van der Waals surface area (Å²) in [4.78, 5) is 21.3. The molecule has 1 radical (unpaired) electrons. The van der Waals surface area contributed by atoms with Crippen molar-refractivity contribution in [3.63, 3.8) is 0 Å². The van der Waals surface area contributed by atoms with Crippen LogP contribution in [-0.2, 0) is 24.0 Å². The molecule has 8 nitrogen and oxygen atoms in total. The Morgan fingerprint density at radius 3 is 1.24 bits per heavy atom. The molecule has 5 N–H and O–H groups in total. The predicted molar refractivity (Wildman–Crippen MR) is 84.8 cm³/mol. The van der Waals surface area contributed by atoms with Crippen molar-refractivity contribution in [1.82, 2.24) is 11.0 Å². The minimum absolute atomic E-state index is 0. The fourth-order valence-electron chi connectivity index (χ4n) is 1.31. The molecule has 25 heavy (non-hydrogen) atoms. The smallest absolute Gasteiger partial charge is 0.274 e. The number of aliphatic hydroxyl groups excluding tert-OH is 1. The van der Waals surface area contributed by atoms with Gasteiger partial charge in [0.25, 0.3) is 11.8 Å². The third-order valence-electron chi connectivity index (χ3n) is 2.28. The van der Waals surface area contributed by atoms with Crippen LogP contribution in [0.15, 0.2) is 60.7 Å². The van der Waals surface area contributed by atoms with Crippen LogP contribution in [0.1, 0.15) is 27.6 Å². The molecule has 0 heterocycles. The van der Waals surface area contributed by atoms with Crippen molar-refractivity contribution in [3.8, 4) is 0 Å². The van der Waals surface area contributed by atoms with Crippen molar-refractivity contribution in [2.45, 2.75) is 6.92 Å². The number of benzene rings is 2. The van der Waals surface area contributed by atoms with Crippen LogP contribution in [0.5, 0.6) is 0 Å². The number of hydrogen-bond donors (Lipinski definition) is 5. The van der Waals surface area contributed by atoms with Gasteiger partial charge in [-0.15, -0.1) is 0 Å². The first-order chi connectivity index (χ1) is 11.1. The molecule has 0 atom stereocenters. The van der Waals surface area contributed by atoms with E-state index in [0.717, 1.165) is 0 Å². The molecule has 2 amide bonds. The summed E-state index contributed by atoms with van der Waals surface area (Å²) in [5.41, 5.74) is 3.98. The fourth-order valence-corrected chi connectivity index (χ4v) is 1.31. The normalized spacial score (nSPS) is 7.84. The molecule has 2 rings (SSSR count). The molecule has 2 aromatic rings. The van der Waals surface area contributed by atoms with Crippen LogP contribution >= 0.6 is 0 Å². The van der Waals surface area contributed by atoms with Crippen LogP contribution in [0.2, 0.25) is 0 Å². The first-order valence-electron chi connectivity index (χ1n) is 6.70. The van der Waals surface area contributed by atoms with Crippen molar-refractivity contribution >= 4 is 11.8 Å². The largest absolute Gasteiger partial charge is 2.00 e. The van der Waals surface area contributed by atoms with Gasteiger partial charge in [0.2, 0.25) is 0 Å². The van der Waals surface area contributed by atoms with Gasteiger partial charge in [-0.05, 0) is 31.2 Å². The molecule has 0 unspecified atom stereocenters. The monoisotopic (exact) mass is 387 g/mol. The van der Waals surface area contributed by atoms with Crippen LogP contribution in [0.3, 0.4) is 0 Å². The molecule has 0 aliphatic heterocycles. The fraction of sp³-hybridized carbons (Fsp3) is 0.125. The van der Waals surface area contributed by atoms with Gasteiger partial charge in [-0.25, -0.2) is 11.0 Å². The van der Waals surface area contributed by atoms with Gasteiger partial charge in [0.15, 0.2) is 0 Å². The number of hydrogen-bond acceptors (Lipinski definition) is 5. The number of aliphatic hydroxyl groups is 1. The second-order valence-electron chi connectivity index (χ2n) is 3.93. The molecule has 2 aromatic carbocycles. The maximum atomic E-state index is 10.7. The standard InChI is InChI=1S/2C7H7NO2.C2H6O.O.V/c2*9-7(8-10)6-4-2-1-3-5-6;1-2-3;;/h2*1-5,10H,(H,8,9);3H,2H2,1H3;;/q;;;-2;. The molecule has 9 heteroatoms. The van der Waals surface area contributed by atoms with Gasteiger partial charge in [-0.1, -0.05) is 36.4 Å². The maximum Gasteiger partial charge on any atom is 0.274 e.